The quantitative estimate of drug-likeness (QED) is 0.741. The second-order valence-corrected chi connectivity index (χ2v) is 8.20. The maximum atomic E-state index is 12.4. The van der Waals surface area contributed by atoms with Crippen LogP contribution in [-0.4, -0.2) is 61.6 Å². The fourth-order valence-corrected chi connectivity index (χ4v) is 4.09. The molecule has 150 valence electrons. The highest BCUT2D eigenvalue weighted by molar-refractivity contribution is 7.31. The van der Waals surface area contributed by atoms with Crippen LogP contribution in [0.1, 0.15) is 6.92 Å². The number of ether oxygens (including phenoxy) is 2. The Balaban J connectivity index is 1.49. The summed E-state index contributed by atoms with van der Waals surface area (Å²) < 4.78 is 10.7. The van der Waals surface area contributed by atoms with Gasteiger partial charge in [0.2, 0.25) is 5.91 Å². The van der Waals surface area contributed by atoms with E-state index in [1.54, 1.807) is 36.3 Å². The van der Waals surface area contributed by atoms with Gasteiger partial charge in [-0.1, -0.05) is 0 Å². The van der Waals surface area contributed by atoms with E-state index < -0.39 is 0 Å². The smallest absolute Gasteiger partial charge is 0.348 e. The summed E-state index contributed by atoms with van der Waals surface area (Å²) in [6.45, 7) is 4.13. The zero-order valence-corrected chi connectivity index (χ0v) is 17.1. The summed E-state index contributed by atoms with van der Waals surface area (Å²) >= 11 is 0. The van der Waals surface area contributed by atoms with Gasteiger partial charge in [-0.3, -0.25) is 14.9 Å². The molecule has 9 heteroatoms. The Morgan fingerprint density at radius 1 is 1.14 bits per heavy atom. The maximum absolute atomic E-state index is 12.4. The number of benzene rings is 1. The van der Waals surface area contributed by atoms with Gasteiger partial charge in [0, 0.05) is 43.6 Å². The molecular formula is C19H25N4O4S+. The number of aryl methyl sites for hydroxylation is 1. The van der Waals surface area contributed by atoms with Gasteiger partial charge < -0.3 is 19.3 Å². The number of carbonyl (C=O) groups excluding carboxylic acids is 2. The first-order valence-electron chi connectivity index (χ1n) is 8.98. The number of nitrogens with zero attached hydrogens (tertiary/aromatic N) is 3. The molecule has 0 bridgehead atoms. The van der Waals surface area contributed by atoms with Crippen LogP contribution in [0.3, 0.4) is 0 Å². The molecule has 1 aromatic heterocycles. The Kier molecular flexibility index (Phi) is 6.35. The van der Waals surface area contributed by atoms with Crippen LogP contribution in [0.2, 0.25) is 0 Å². The molecule has 0 aliphatic carbocycles. The number of hydrogen-bond donors (Lipinski definition) is 1. The molecule has 28 heavy (non-hydrogen) atoms. The lowest BCUT2D eigenvalue weighted by Gasteiger charge is -2.34. The molecule has 1 aliphatic heterocycles. The summed E-state index contributed by atoms with van der Waals surface area (Å²) in [7, 11) is 1.40. The molecular weight excluding hydrogens is 380 g/mol. The third-order valence-corrected chi connectivity index (χ3v) is 5.83. The number of anilines is 2. The van der Waals surface area contributed by atoms with Crippen molar-refractivity contribution in [3.05, 3.63) is 29.6 Å². The summed E-state index contributed by atoms with van der Waals surface area (Å²) in [6.07, 6.45) is 2.03. The summed E-state index contributed by atoms with van der Waals surface area (Å²) in [5, 5.41) is 5.55. The number of rotatable bonds is 6. The third-order valence-electron chi connectivity index (χ3n) is 4.46. The van der Waals surface area contributed by atoms with Crippen molar-refractivity contribution in [3.63, 3.8) is 0 Å². The third kappa shape index (κ3) is 4.92. The van der Waals surface area contributed by atoms with Crippen molar-refractivity contribution >= 4 is 33.2 Å². The normalized spacial score (nSPS) is 14.6. The summed E-state index contributed by atoms with van der Waals surface area (Å²) in [4.78, 5) is 32.2. The molecule has 2 heterocycles. The summed E-state index contributed by atoms with van der Waals surface area (Å²) in [5.74, 6) is 2.11. The number of thiazole rings is 1. The van der Waals surface area contributed by atoms with E-state index in [0.717, 1.165) is 11.6 Å². The predicted molar refractivity (Wildman–Crippen MR) is 109 cm³/mol. The zero-order valence-electron chi connectivity index (χ0n) is 16.3. The molecule has 1 N–H and O–H groups in total. The fourth-order valence-electron chi connectivity index (χ4n) is 2.91. The van der Waals surface area contributed by atoms with E-state index in [2.05, 4.69) is 20.6 Å². The van der Waals surface area contributed by atoms with Gasteiger partial charge in [0.1, 0.15) is 17.8 Å². The Bertz CT molecular complexity index is 829. The van der Waals surface area contributed by atoms with Crippen molar-refractivity contribution in [2.75, 3.05) is 50.1 Å². The predicted octanol–water partition coefficient (Wildman–Crippen LogP) is 2.06. The Hall–Kier alpha value is -2.81. The van der Waals surface area contributed by atoms with Crippen molar-refractivity contribution in [3.8, 4) is 11.5 Å². The van der Waals surface area contributed by atoms with Crippen LogP contribution in [0, 0.1) is 0 Å². The summed E-state index contributed by atoms with van der Waals surface area (Å²) in [6, 6.07) is 7.16. The van der Waals surface area contributed by atoms with Crippen molar-refractivity contribution < 1.29 is 19.1 Å². The number of amides is 2. The van der Waals surface area contributed by atoms with Crippen LogP contribution >= 0.6 is 10.5 Å². The van der Waals surface area contributed by atoms with E-state index in [9.17, 15) is 9.59 Å². The molecule has 1 saturated heterocycles. The molecule has 0 spiro atoms. The van der Waals surface area contributed by atoms with Gasteiger partial charge in [-0.25, -0.2) is 0 Å². The lowest BCUT2D eigenvalue weighted by atomic mass is 10.3. The van der Waals surface area contributed by atoms with Crippen LogP contribution in [0.4, 0.5) is 10.9 Å². The van der Waals surface area contributed by atoms with E-state index in [0.29, 0.717) is 37.1 Å². The number of nitrogens with one attached hydrogen (secondary N) is 1. The van der Waals surface area contributed by atoms with Gasteiger partial charge in [-0.2, -0.15) is 4.98 Å². The van der Waals surface area contributed by atoms with Gasteiger partial charge in [0.25, 0.3) is 5.91 Å². The molecule has 1 unspecified atom stereocenters. The molecule has 2 aromatic rings. The van der Waals surface area contributed by atoms with Crippen molar-refractivity contribution in [2.24, 2.45) is 6.26 Å². The second kappa shape index (κ2) is 8.92. The van der Waals surface area contributed by atoms with Crippen molar-refractivity contribution in [2.45, 2.75) is 6.92 Å². The van der Waals surface area contributed by atoms with E-state index in [1.165, 1.54) is 6.92 Å². The number of carbonyl (C=O) groups is 2. The Morgan fingerprint density at radius 3 is 2.39 bits per heavy atom. The fraction of sp³-hybridized carbons (Fsp3) is 0.421. The maximum Gasteiger partial charge on any atom is 0.348 e. The lowest BCUT2D eigenvalue weighted by Crippen LogP contribution is -2.50. The first-order chi connectivity index (χ1) is 13.5. The SMILES string of the molecule is COc1ccc(OCC(=O)N2CCN(c3c[s+](C)c(NC(C)=O)n3)CC2)cc1. The second-order valence-electron chi connectivity index (χ2n) is 6.46. The highest BCUT2D eigenvalue weighted by atomic mass is 32.2. The number of aromatic nitrogens is 1. The highest BCUT2D eigenvalue weighted by Gasteiger charge is 2.26. The van der Waals surface area contributed by atoms with E-state index in [1.807, 2.05) is 6.26 Å². The molecule has 0 radical (unpaired) electrons. The minimum absolute atomic E-state index is 0.0122. The molecule has 1 atom stereocenters. The van der Waals surface area contributed by atoms with Crippen molar-refractivity contribution in [1.82, 2.24) is 9.88 Å². The largest absolute Gasteiger partial charge is 0.497 e. The van der Waals surface area contributed by atoms with Gasteiger partial charge in [-0.15, -0.1) is 0 Å². The first-order valence-corrected chi connectivity index (χ1v) is 10.7. The standard InChI is InChI=1S/C19H24N4O4S/c1-14(24)20-19-21-17(13-28(19)3)22-8-10-23(11-9-22)18(25)12-27-16-6-4-15(26-2)5-7-16/h4-7,13H,8-12H2,1-3H3/p+1. The average Bonchev–Trinajstić information content (AvgIpc) is 3.06. The number of piperazine rings is 1. The van der Waals surface area contributed by atoms with Crippen LogP contribution in [0.5, 0.6) is 11.5 Å². The van der Waals surface area contributed by atoms with E-state index in [4.69, 9.17) is 9.47 Å². The van der Waals surface area contributed by atoms with Crippen LogP contribution in [-0.2, 0) is 15.8 Å². The first kappa shape index (κ1) is 19.9. The lowest BCUT2D eigenvalue weighted by molar-refractivity contribution is -0.133. The molecule has 1 aliphatic rings. The van der Waals surface area contributed by atoms with E-state index >= 15 is 0 Å². The monoisotopic (exact) mass is 405 g/mol. The van der Waals surface area contributed by atoms with Gasteiger partial charge in [-0.05, 0) is 24.3 Å². The van der Waals surface area contributed by atoms with Gasteiger partial charge >= 0.3 is 5.13 Å². The highest BCUT2D eigenvalue weighted by Crippen LogP contribution is 2.31. The molecule has 0 saturated carbocycles. The molecule has 3 rings (SSSR count). The minimum atomic E-state index is -0.202. The van der Waals surface area contributed by atoms with Crippen LogP contribution in [0.15, 0.2) is 29.6 Å². The van der Waals surface area contributed by atoms with Gasteiger partial charge in [0.05, 0.1) is 7.11 Å². The Labute approximate surface area is 167 Å². The van der Waals surface area contributed by atoms with Gasteiger partial charge in [0.15, 0.2) is 17.8 Å². The minimum Gasteiger partial charge on any atom is -0.497 e. The van der Waals surface area contributed by atoms with Crippen LogP contribution < -0.4 is 19.7 Å². The number of hydrogen-bond acceptors (Lipinski definition) is 6. The molecule has 8 nitrogen and oxygen atoms in total. The van der Waals surface area contributed by atoms with Crippen molar-refractivity contribution in [1.29, 1.82) is 0 Å². The number of methoxy groups -OCH3 is 1. The zero-order chi connectivity index (χ0) is 20.1. The molecule has 1 aromatic carbocycles. The topological polar surface area (TPSA) is 84.0 Å². The molecule has 2 amide bonds. The average molecular weight is 406 g/mol. The molecule has 1 fully saturated rings. The Morgan fingerprint density at radius 2 is 1.79 bits per heavy atom. The van der Waals surface area contributed by atoms with Crippen LogP contribution in [0.25, 0.3) is 0 Å². The summed E-state index contributed by atoms with van der Waals surface area (Å²) in [5.41, 5.74) is 0. The van der Waals surface area contributed by atoms with E-state index in [-0.39, 0.29) is 28.9 Å².